The third-order valence-electron chi connectivity index (χ3n) is 3.40. The number of hydrogen-bond donors (Lipinski definition) is 1. The largest absolute Gasteiger partial charge is 0.317 e. The summed E-state index contributed by atoms with van der Waals surface area (Å²) in [7, 11) is 2.05. The summed E-state index contributed by atoms with van der Waals surface area (Å²) in [5, 5.41) is 4.14. The molecule has 1 aromatic carbocycles. The van der Waals surface area contributed by atoms with Crippen molar-refractivity contribution >= 4 is 27.5 Å². The van der Waals surface area contributed by atoms with E-state index in [1.165, 1.54) is 31.5 Å². The van der Waals surface area contributed by atoms with Crippen molar-refractivity contribution in [2.24, 2.45) is 0 Å². The maximum absolute atomic E-state index is 5.95. The van der Waals surface area contributed by atoms with Crippen LogP contribution in [0.15, 0.2) is 22.7 Å². The van der Waals surface area contributed by atoms with E-state index in [9.17, 15) is 0 Å². The highest BCUT2D eigenvalue weighted by Crippen LogP contribution is 2.24. The number of nitrogens with one attached hydrogen (secondary N) is 1. The summed E-state index contributed by atoms with van der Waals surface area (Å²) in [6, 6.07) is 6.73. The van der Waals surface area contributed by atoms with Crippen molar-refractivity contribution in [2.45, 2.75) is 25.4 Å². The first kappa shape index (κ1) is 13.3. The van der Waals surface area contributed by atoms with Crippen LogP contribution in [0.5, 0.6) is 0 Å². The Morgan fingerprint density at radius 3 is 2.71 bits per heavy atom. The normalized spacial score (nSPS) is 18.5. The third-order valence-corrected chi connectivity index (χ3v) is 4.38. The minimum Gasteiger partial charge on any atom is -0.317 e. The summed E-state index contributed by atoms with van der Waals surface area (Å²) >= 11 is 9.52. The molecule has 1 aliphatic heterocycles. The first-order valence-corrected chi connectivity index (χ1v) is 7.19. The Balaban J connectivity index is 1.93. The van der Waals surface area contributed by atoms with Gasteiger partial charge >= 0.3 is 0 Å². The summed E-state index contributed by atoms with van der Waals surface area (Å²) in [5.74, 6) is 0. The van der Waals surface area contributed by atoms with Crippen molar-refractivity contribution in [3.05, 3.63) is 33.3 Å². The molecule has 2 nitrogen and oxygen atoms in total. The van der Waals surface area contributed by atoms with Gasteiger partial charge in [-0.15, -0.1) is 0 Å². The SMILES string of the molecule is CNC1CCN(Cc2ccc(Cl)cc2Br)CC1. The van der Waals surface area contributed by atoms with Gasteiger partial charge in [-0.25, -0.2) is 0 Å². The van der Waals surface area contributed by atoms with E-state index in [1.54, 1.807) is 0 Å². The maximum atomic E-state index is 5.95. The highest BCUT2D eigenvalue weighted by molar-refractivity contribution is 9.10. The van der Waals surface area contributed by atoms with Gasteiger partial charge in [-0.1, -0.05) is 33.6 Å². The lowest BCUT2D eigenvalue weighted by molar-refractivity contribution is 0.194. The average molecular weight is 318 g/mol. The predicted molar refractivity (Wildman–Crippen MR) is 76.5 cm³/mol. The van der Waals surface area contributed by atoms with Crippen LogP contribution in [0.1, 0.15) is 18.4 Å². The van der Waals surface area contributed by atoms with Crippen molar-refractivity contribution < 1.29 is 0 Å². The molecule has 94 valence electrons. The minimum atomic E-state index is 0.694. The fraction of sp³-hybridized carbons (Fsp3) is 0.538. The lowest BCUT2D eigenvalue weighted by Gasteiger charge is -2.31. The van der Waals surface area contributed by atoms with Crippen LogP contribution in [0.3, 0.4) is 0 Å². The maximum Gasteiger partial charge on any atom is 0.0417 e. The van der Waals surface area contributed by atoms with E-state index in [4.69, 9.17) is 11.6 Å². The number of rotatable bonds is 3. The van der Waals surface area contributed by atoms with Crippen LogP contribution in [-0.4, -0.2) is 31.1 Å². The van der Waals surface area contributed by atoms with Crippen LogP contribution in [-0.2, 0) is 6.54 Å². The van der Waals surface area contributed by atoms with Gasteiger partial charge in [0.05, 0.1) is 0 Å². The summed E-state index contributed by atoms with van der Waals surface area (Å²) in [6.45, 7) is 3.34. The molecule has 0 aromatic heterocycles. The van der Waals surface area contributed by atoms with Crippen molar-refractivity contribution in [1.82, 2.24) is 10.2 Å². The second-order valence-electron chi connectivity index (χ2n) is 4.57. The molecule has 0 amide bonds. The van der Waals surface area contributed by atoms with E-state index < -0.39 is 0 Å². The van der Waals surface area contributed by atoms with Gasteiger partial charge in [0.15, 0.2) is 0 Å². The number of halogens is 2. The fourth-order valence-electron chi connectivity index (χ4n) is 2.27. The molecular weight excluding hydrogens is 300 g/mol. The molecule has 0 radical (unpaired) electrons. The van der Waals surface area contributed by atoms with Crippen LogP contribution in [0, 0.1) is 0 Å². The summed E-state index contributed by atoms with van der Waals surface area (Å²) in [5.41, 5.74) is 1.32. The molecule has 0 aliphatic carbocycles. The van der Waals surface area contributed by atoms with Gasteiger partial charge in [0, 0.05) is 22.1 Å². The zero-order valence-corrected chi connectivity index (χ0v) is 12.4. The molecule has 4 heteroatoms. The van der Waals surface area contributed by atoms with E-state index in [1.807, 2.05) is 12.1 Å². The zero-order chi connectivity index (χ0) is 12.3. The predicted octanol–water partition coefficient (Wildman–Crippen LogP) is 3.29. The van der Waals surface area contributed by atoms with Gasteiger partial charge in [-0.3, -0.25) is 4.90 Å². The average Bonchev–Trinajstić information content (AvgIpc) is 2.34. The Morgan fingerprint density at radius 1 is 1.41 bits per heavy atom. The van der Waals surface area contributed by atoms with Crippen molar-refractivity contribution in [1.29, 1.82) is 0 Å². The first-order valence-electron chi connectivity index (χ1n) is 6.02. The topological polar surface area (TPSA) is 15.3 Å². The van der Waals surface area contributed by atoms with E-state index in [0.717, 1.165) is 16.0 Å². The molecule has 0 atom stereocenters. The molecule has 0 spiro atoms. The molecule has 1 aromatic rings. The van der Waals surface area contributed by atoms with Crippen molar-refractivity contribution in [3.63, 3.8) is 0 Å². The Morgan fingerprint density at radius 2 is 2.12 bits per heavy atom. The summed E-state index contributed by atoms with van der Waals surface area (Å²) < 4.78 is 1.11. The molecule has 0 bridgehead atoms. The van der Waals surface area contributed by atoms with Gasteiger partial charge < -0.3 is 5.32 Å². The highest BCUT2D eigenvalue weighted by Gasteiger charge is 2.18. The molecule has 1 N–H and O–H groups in total. The fourth-order valence-corrected chi connectivity index (χ4v) is 3.08. The van der Waals surface area contributed by atoms with Crippen molar-refractivity contribution in [3.8, 4) is 0 Å². The van der Waals surface area contributed by atoms with Gasteiger partial charge in [0.2, 0.25) is 0 Å². The second kappa shape index (κ2) is 6.19. The summed E-state index contributed by atoms with van der Waals surface area (Å²) in [4.78, 5) is 2.50. The van der Waals surface area contributed by atoms with Crippen LogP contribution in [0.2, 0.25) is 5.02 Å². The molecule has 0 unspecified atom stereocenters. The van der Waals surface area contributed by atoms with Gasteiger partial charge in [-0.05, 0) is 50.7 Å². The molecule has 1 saturated heterocycles. The Bertz CT molecular complexity index is 376. The molecule has 0 saturated carbocycles. The highest BCUT2D eigenvalue weighted by atomic mass is 79.9. The Kier molecular flexibility index (Phi) is 4.86. The smallest absolute Gasteiger partial charge is 0.0417 e. The van der Waals surface area contributed by atoms with E-state index in [2.05, 4.69) is 39.3 Å². The van der Waals surface area contributed by atoms with Crippen molar-refractivity contribution in [2.75, 3.05) is 20.1 Å². The number of likely N-dealkylation sites (tertiary alicyclic amines) is 1. The molecular formula is C13H18BrClN2. The number of benzene rings is 1. The first-order chi connectivity index (χ1) is 8.19. The van der Waals surface area contributed by atoms with Gasteiger partial charge in [0.25, 0.3) is 0 Å². The van der Waals surface area contributed by atoms with E-state index in [0.29, 0.717) is 6.04 Å². The van der Waals surface area contributed by atoms with Crippen LogP contribution < -0.4 is 5.32 Å². The van der Waals surface area contributed by atoms with E-state index in [-0.39, 0.29) is 0 Å². The van der Waals surface area contributed by atoms with Gasteiger partial charge in [0.1, 0.15) is 0 Å². The van der Waals surface area contributed by atoms with E-state index >= 15 is 0 Å². The minimum absolute atomic E-state index is 0.694. The zero-order valence-electron chi connectivity index (χ0n) is 10.0. The Labute approximate surface area is 116 Å². The number of hydrogen-bond acceptors (Lipinski definition) is 2. The molecule has 2 rings (SSSR count). The van der Waals surface area contributed by atoms with Crippen LogP contribution in [0.25, 0.3) is 0 Å². The number of nitrogens with zero attached hydrogens (tertiary/aromatic N) is 1. The lowest BCUT2D eigenvalue weighted by Crippen LogP contribution is -2.40. The molecule has 1 heterocycles. The monoisotopic (exact) mass is 316 g/mol. The Hall–Kier alpha value is -0.0900. The third kappa shape index (κ3) is 3.68. The van der Waals surface area contributed by atoms with Crippen LogP contribution >= 0.6 is 27.5 Å². The van der Waals surface area contributed by atoms with Gasteiger partial charge in [-0.2, -0.15) is 0 Å². The molecule has 17 heavy (non-hydrogen) atoms. The lowest BCUT2D eigenvalue weighted by atomic mass is 10.0. The molecule has 1 aliphatic rings. The summed E-state index contributed by atoms with van der Waals surface area (Å²) in [6.07, 6.45) is 2.48. The van der Waals surface area contributed by atoms with Crippen LogP contribution in [0.4, 0.5) is 0 Å². The quantitative estimate of drug-likeness (QED) is 0.920. The number of piperidine rings is 1. The second-order valence-corrected chi connectivity index (χ2v) is 5.87. The molecule has 1 fully saturated rings. The standard InChI is InChI=1S/C13H18BrClN2/c1-16-12-4-6-17(7-5-12)9-10-2-3-11(15)8-13(10)14/h2-3,8,12,16H,4-7,9H2,1H3.